The second-order valence-electron chi connectivity index (χ2n) is 13.5. The van der Waals surface area contributed by atoms with Crippen LogP contribution in [0.4, 0.5) is 0 Å². The number of nitrogens with zero attached hydrogens (tertiary/aromatic N) is 1. The summed E-state index contributed by atoms with van der Waals surface area (Å²) in [5, 5.41) is 30.5. The summed E-state index contributed by atoms with van der Waals surface area (Å²) in [6.07, 6.45) is 8.61. The van der Waals surface area contributed by atoms with Crippen molar-refractivity contribution in [2.24, 2.45) is 51.2 Å². The Labute approximate surface area is 203 Å². The molecule has 0 heterocycles. The lowest BCUT2D eigenvalue weighted by Gasteiger charge is -2.65. The molecule has 0 bridgehead atoms. The lowest BCUT2D eigenvalue weighted by molar-refractivity contribution is -0.154. The van der Waals surface area contributed by atoms with E-state index in [1.807, 2.05) is 19.9 Å². The molecule has 5 rings (SSSR count). The number of carboxylic acid groups (broad SMARTS) is 1. The molecule has 5 aliphatic carbocycles. The van der Waals surface area contributed by atoms with Gasteiger partial charge >= 0.3 is 5.97 Å². The largest absolute Gasteiger partial charge is 0.511 e. The molecule has 3 saturated carbocycles. The number of nitriles is 1. The number of carbonyl (C=O) groups is 2. The number of carboxylic acids is 1. The van der Waals surface area contributed by atoms with Gasteiger partial charge in [0.1, 0.15) is 5.76 Å². The fraction of sp³-hybridized carbons (Fsp3) is 0.759. The first-order valence-corrected chi connectivity index (χ1v) is 13.1. The van der Waals surface area contributed by atoms with Crippen molar-refractivity contribution in [3.8, 4) is 6.07 Å². The molecule has 0 aromatic carbocycles. The normalized spacial score (nSPS) is 47.4. The van der Waals surface area contributed by atoms with Crippen molar-refractivity contribution in [2.45, 2.75) is 86.0 Å². The lowest BCUT2D eigenvalue weighted by atomic mass is 9.38. The summed E-state index contributed by atoms with van der Waals surface area (Å²) >= 11 is 0. The summed E-state index contributed by atoms with van der Waals surface area (Å²) in [7, 11) is 0. The number of aliphatic carboxylic acids is 1. The number of aliphatic hydroxyl groups is 1. The van der Waals surface area contributed by atoms with Gasteiger partial charge in [0.15, 0.2) is 5.78 Å². The minimum atomic E-state index is -0.719. The Kier molecular flexibility index (Phi) is 5.02. The van der Waals surface area contributed by atoms with Gasteiger partial charge in [-0.15, -0.1) is 0 Å². The Balaban J connectivity index is 1.60. The quantitative estimate of drug-likeness (QED) is 0.479. The summed E-state index contributed by atoms with van der Waals surface area (Å²) in [6.45, 7) is 10.9. The number of hydrogen-bond acceptors (Lipinski definition) is 4. The molecule has 0 radical (unpaired) electrons. The molecule has 184 valence electrons. The Morgan fingerprint density at radius 1 is 1.03 bits per heavy atom. The van der Waals surface area contributed by atoms with Crippen LogP contribution in [0.1, 0.15) is 86.0 Å². The molecule has 5 aliphatic rings. The minimum Gasteiger partial charge on any atom is -0.511 e. The van der Waals surface area contributed by atoms with Crippen LogP contribution in [0, 0.1) is 62.6 Å². The van der Waals surface area contributed by atoms with E-state index in [1.54, 1.807) is 0 Å². The fourth-order valence-electron chi connectivity index (χ4n) is 9.73. The Morgan fingerprint density at radius 3 is 2.35 bits per heavy atom. The number of aliphatic hydroxyl groups excluding tert-OH is 1. The van der Waals surface area contributed by atoms with Crippen LogP contribution in [-0.2, 0) is 9.59 Å². The third-order valence-corrected chi connectivity index (χ3v) is 11.6. The maximum atomic E-state index is 13.9. The van der Waals surface area contributed by atoms with Gasteiger partial charge in [-0.2, -0.15) is 5.26 Å². The van der Waals surface area contributed by atoms with E-state index >= 15 is 0 Å². The highest BCUT2D eigenvalue weighted by atomic mass is 16.4. The molecule has 0 aromatic rings. The highest BCUT2D eigenvalue weighted by Gasteiger charge is 2.65. The van der Waals surface area contributed by atoms with E-state index in [0.29, 0.717) is 24.8 Å². The number of fused-ring (bicyclic) bond motifs is 7. The van der Waals surface area contributed by atoms with Crippen molar-refractivity contribution in [1.82, 2.24) is 0 Å². The van der Waals surface area contributed by atoms with Crippen LogP contribution in [0.25, 0.3) is 0 Å². The average Bonchev–Trinajstić information content (AvgIpc) is 2.76. The van der Waals surface area contributed by atoms with Gasteiger partial charge in [0.05, 0.1) is 17.6 Å². The van der Waals surface area contributed by atoms with E-state index in [1.165, 1.54) is 5.57 Å². The Bertz CT molecular complexity index is 1060. The summed E-state index contributed by atoms with van der Waals surface area (Å²) in [4.78, 5) is 25.8. The van der Waals surface area contributed by atoms with E-state index in [4.69, 9.17) is 0 Å². The van der Waals surface area contributed by atoms with Crippen LogP contribution in [-0.4, -0.2) is 22.0 Å². The molecule has 0 saturated heterocycles. The summed E-state index contributed by atoms with van der Waals surface area (Å²) in [6, 6.07) is 2.26. The molecule has 0 aliphatic heterocycles. The van der Waals surface area contributed by atoms with Crippen molar-refractivity contribution < 1.29 is 19.8 Å². The van der Waals surface area contributed by atoms with Gasteiger partial charge < -0.3 is 10.2 Å². The first kappa shape index (κ1) is 23.6. The molecule has 8 atom stereocenters. The van der Waals surface area contributed by atoms with Gasteiger partial charge in [-0.1, -0.05) is 40.2 Å². The molecule has 3 fully saturated rings. The molecular formula is C29H39NO4. The molecular weight excluding hydrogens is 426 g/mol. The number of carbonyl (C=O) groups excluding carboxylic acids is 1. The predicted molar refractivity (Wildman–Crippen MR) is 128 cm³/mol. The standard InChI is InChI=1S/C29H39NO4/c1-26(2)21-8-11-28(4)18-7-10-27(3)9-6-16(25(33)34)12-19(27)23(18)20(31)13-22(28)29(21,5)14-17(15-30)24(26)32/h13,16,18-19,21,23,32H,6-12,14H2,1-5H3,(H,33,34). The van der Waals surface area contributed by atoms with E-state index in [9.17, 15) is 25.1 Å². The lowest BCUT2D eigenvalue weighted by Crippen LogP contribution is -2.59. The highest BCUT2D eigenvalue weighted by molar-refractivity contribution is 5.95. The second kappa shape index (κ2) is 7.21. The molecule has 0 aromatic heterocycles. The van der Waals surface area contributed by atoms with Crippen LogP contribution < -0.4 is 0 Å². The predicted octanol–water partition coefficient (Wildman–Crippen LogP) is 6.22. The third kappa shape index (κ3) is 2.90. The molecule has 8 unspecified atom stereocenters. The first-order chi connectivity index (χ1) is 15.8. The fourth-order valence-corrected chi connectivity index (χ4v) is 9.73. The van der Waals surface area contributed by atoms with Gasteiger partial charge in [0.2, 0.25) is 0 Å². The van der Waals surface area contributed by atoms with Crippen molar-refractivity contribution >= 4 is 11.8 Å². The zero-order valence-electron chi connectivity index (χ0n) is 21.3. The average molecular weight is 466 g/mol. The highest BCUT2D eigenvalue weighted by Crippen LogP contribution is 2.71. The SMILES string of the molecule is CC12CCC(C(=O)O)CC1C1C(=O)C=C3C(C)(CCC4C(C)(C)C(O)=C(C#N)CC34C)C1CC2. The van der Waals surface area contributed by atoms with Gasteiger partial charge in [-0.25, -0.2) is 0 Å². The molecule has 34 heavy (non-hydrogen) atoms. The van der Waals surface area contributed by atoms with E-state index in [-0.39, 0.29) is 57.4 Å². The number of rotatable bonds is 1. The second-order valence-corrected chi connectivity index (χ2v) is 13.5. The van der Waals surface area contributed by atoms with Crippen molar-refractivity contribution in [3.63, 3.8) is 0 Å². The molecule has 2 N–H and O–H groups in total. The van der Waals surface area contributed by atoms with E-state index in [2.05, 4.69) is 26.8 Å². The Hall–Kier alpha value is -2.09. The van der Waals surface area contributed by atoms with E-state index < -0.39 is 11.4 Å². The molecule has 5 nitrogen and oxygen atoms in total. The van der Waals surface area contributed by atoms with Gasteiger partial charge in [0, 0.05) is 11.3 Å². The van der Waals surface area contributed by atoms with Gasteiger partial charge in [-0.3, -0.25) is 9.59 Å². The van der Waals surface area contributed by atoms with Crippen LogP contribution in [0.3, 0.4) is 0 Å². The zero-order chi connectivity index (χ0) is 24.8. The van der Waals surface area contributed by atoms with Gasteiger partial charge in [-0.05, 0) is 91.4 Å². The Morgan fingerprint density at radius 2 is 1.71 bits per heavy atom. The number of hydrogen-bond donors (Lipinski definition) is 2. The summed E-state index contributed by atoms with van der Waals surface area (Å²) in [5.41, 5.74) is 0.696. The van der Waals surface area contributed by atoms with Gasteiger partial charge in [0.25, 0.3) is 0 Å². The molecule has 5 heteroatoms. The van der Waals surface area contributed by atoms with E-state index in [0.717, 1.165) is 32.1 Å². The first-order valence-electron chi connectivity index (χ1n) is 13.1. The summed E-state index contributed by atoms with van der Waals surface area (Å²) < 4.78 is 0. The van der Waals surface area contributed by atoms with Crippen LogP contribution in [0.2, 0.25) is 0 Å². The third-order valence-electron chi connectivity index (χ3n) is 11.6. The van der Waals surface area contributed by atoms with Crippen LogP contribution in [0.15, 0.2) is 23.0 Å². The van der Waals surface area contributed by atoms with Crippen LogP contribution in [0.5, 0.6) is 0 Å². The van der Waals surface area contributed by atoms with Crippen molar-refractivity contribution in [3.05, 3.63) is 23.0 Å². The maximum Gasteiger partial charge on any atom is 0.306 e. The molecule has 0 spiro atoms. The van der Waals surface area contributed by atoms with Crippen LogP contribution >= 0.6 is 0 Å². The monoisotopic (exact) mass is 465 g/mol. The number of ketones is 1. The van der Waals surface area contributed by atoms with Crippen molar-refractivity contribution in [2.75, 3.05) is 0 Å². The smallest absolute Gasteiger partial charge is 0.306 e. The maximum absolute atomic E-state index is 13.9. The zero-order valence-corrected chi connectivity index (χ0v) is 21.3. The summed E-state index contributed by atoms with van der Waals surface area (Å²) in [5.74, 6) is -0.268. The van der Waals surface area contributed by atoms with Crippen molar-refractivity contribution in [1.29, 1.82) is 5.26 Å². The number of allylic oxidation sites excluding steroid dienone is 4. The topological polar surface area (TPSA) is 98.4 Å². The minimum absolute atomic E-state index is 0.0426. The molecule has 0 amide bonds.